The van der Waals surface area contributed by atoms with Crippen LogP contribution in [0.3, 0.4) is 0 Å². The van der Waals surface area contributed by atoms with Gasteiger partial charge in [0.1, 0.15) is 24.8 Å². The van der Waals surface area contributed by atoms with E-state index < -0.39 is 0 Å². The Morgan fingerprint density at radius 2 is 1.68 bits per heavy atom. The largest absolute Gasteiger partial charge is 0.494 e. The Balaban J connectivity index is 1.51. The quantitative estimate of drug-likeness (QED) is 0.178. The zero-order valence-electron chi connectivity index (χ0n) is 23.6. The number of unbranched alkanes of at least 4 members (excludes halogenated alkanes) is 1. The Hall–Kier alpha value is -4.03. The van der Waals surface area contributed by atoms with Gasteiger partial charge < -0.3 is 18.8 Å². The maximum atomic E-state index is 5.89. The second-order valence-electron chi connectivity index (χ2n) is 10.0. The molecular formula is C34H39N3O3. The van der Waals surface area contributed by atoms with Gasteiger partial charge in [-0.15, -0.1) is 0 Å². The number of hydrogen-bond acceptors (Lipinski definition) is 5. The van der Waals surface area contributed by atoms with Gasteiger partial charge in [0.25, 0.3) is 0 Å². The molecule has 6 nitrogen and oxygen atoms in total. The molecule has 5 rings (SSSR count). The monoisotopic (exact) mass is 537 g/mol. The number of ether oxygens (including phenoxy) is 3. The molecule has 3 aromatic carbocycles. The predicted octanol–water partition coefficient (Wildman–Crippen LogP) is 7.37. The normalized spacial score (nSPS) is 12.5. The predicted molar refractivity (Wildman–Crippen MR) is 161 cm³/mol. The summed E-state index contributed by atoms with van der Waals surface area (Å²) in [7, 11) is 0. The molecule has 1 aliphatic rings. The molecule has 0 amide bonds. The number of fused-ring (bicyclic) bond motifs is 1. The van der Waals surface area contributed by atoms with Crippen LogP contribution in [-0.2, 0) is 26.2 Å². The van der Waals surface area contributed by atoms with Gasteiger partial charge in [0, 0.05) is 31.7 Å². The van der Waals surface area contributed by atoms with Crippen molar-refractivity contribution >= 4 is 6.08 Å². The summed E-state index contributed by atoms with van der Waals surface area (Å²) in [5.41, 5.74) is 5.61. The number of aromatic nitrogens is 2. The molecule has 6 heteroatoms. The van der Waals surface area contributed by atoms with Crippen LogP contribution in [0.5, 0.6) is 17.2 Å². The summed E-state index contributed by atoms with van der Waals surface area (Å²) in [6.07, 6.45) is 4.08. The molecule has 0 saturated carbocycles. The van der Waals surface area contributed by atoms with Gasteiger partial charge in [-0.2, -0.15) is 0 Å². The second kappa shape index (κ2) is 13.4. The number of benzene rings is 3. The van der Waals surface area contributed by atoms with Gasteiger partial charge in [-0.25, -0.2) is 4.98 Å². The molecule has 0 atom stereocenters. The van der Waals surface area contributed by atoms with Crippen molar-refractivity contribution in [3.63, 3.8) is 0 Å². The molecule has 0 N–H and O–H groups in total. The maximum Gasteiger partial charge on any atom is 0.161 e. The van der Waals surface area contributed by atoms with Crippen LogP contribution in [0.4, 0.5) is 0 Å². The summed E-state index contributed by atoms with van der Waals surface area (Å²) in [5.74, 6) is 3.51. The molecule has 0 unspecified atom stereocenters. The van der Waals surface area contributed by atoms with Crippen molar-refractivity contribution in [1.82, 2.24) is 14.5 Å². The van der Waals surface area contributed by atoms with Gasteiger partial charge in [0.2, 0.25) is 0 Å². The van der Waals surface area contributed by atoms with Crippen LogP contribution < -0.4 is 14.2 Å². The van der Waals surface area contributed by atoms with Crippen LogP contribution in [-0.4, -0.2) is 34.3 Å². The minimum absolute atomic E-state index is 0.575. The van der Waals surface area contributed by atoms with Crippen molar-refractivity contribution in [3.05, 3.63) is 102 Å². The summed E-state index contributed by atoms with van der Waals surface area (Å²) in [5, 5.41) is 0. The van der Waals surface area contributed by atoms with E-state index >= 15 is 0 Å². The smallest absolute Gasteiger partial charge is 0.161 e. The van der Waals surface area contributed by atoms with Crippen LogP contribution in [0, 0.1) is 0 Å². The van der Waals surface area contributed by atoms with Crippen molar-refractivity contribution < 1.29 is 14.2 Å². The van der Waals surface area contributed by atoms with E-state index in [0.717, 1.165) is 73.4 Å². The first kappa shape index (κ1) is 27.5. The van der Waals surface area contributed by atoms with Gasteiger partial charge in [0.15, 0.2) is 11.5 Å². The molecule has 40 heavy (non-hydrogen) atoms. The van der Waals surface area contributed by atoms with E-state index in [4.69, 9.17) is 19.2 Å². The van der Waals surface area contributed by atoms with E-state index in [1.807, 2.05) is 31.2 Å². The van der Waals surface area contributed by atoms with E-state index in [0.29, 0.717) is 19.8 Å². The third-order valence-electron chi connectivity index (χ3n) is 7.07. The molecule has 0 aliphatic carbocycles. The molecule has 0 bridgehead atoms. The Labute approximate surface area is 237 Å². The third-order valence-corrected chi connectivity index (χ3v) is 7.07. The highest BCUT2D eigenvalue weighted by Crippen LogP contribution is 2.32. The van der Waals surface area contributed by atoms with Gasteiger partial charge >= 0.3 is 0 Å². The lowest BCUT2D eigenvalue weighted by atomic mass is 10.1. The highest BCUT2D eigenvalue weighted by molar-refractivity contribution is 5.60. The first-order valence-corrected chi connectivity index (χ1v) is 14.3. The van der Waals surface area contributed by atoms with Crippen molar-refractivity contribution in [3.8, 4) is 28.6 Å². The first-order chi connectivity index (χ1) is 19.7. The fraction of sp³-hybridized carbons (Fsp3) is 0.324. The number of hydrogen-bond donors (Lipinski definition) is 0. The van der Waals surface area contributed by atoms with Crippen LogP contribution in [0.15, 0.2) is 79.4 Å². The van der Waals surface area contributed by atoms with Gasteiger partial charge in [0.05, 0.1) is 18.0 Å². The Kier molecular flexibility index (Phi) is 9.19. The highest BCUT2D eigenvalue weighted by atomic mass is 16.6. The van der Waals surface area contributed by atoms with E-state index in [1.165, 1.54) is 16.8 Å². The molecule has 208 valence electrons. The fourth-order valence-electron chi connectivity index (χ4n) is 5.18. The summed E-state index contributed by atoms with van der Waals surface area (Å²) in [4.78, 5) is 7.53. The first-order valence-electron chi connectivity index (χ1n) is 14.3. The molecule has 0 radical (unpaired) electrons. The molecule has 4 aromatic rings. The van der Waals surface area contributed by atoms with E-state index in [-0.39, 0.29) is 0 Å². The molecule has 2 heterocycles. The molecule has 0 fully saturated rings. The Bertz CT molecular complexity index is 1410. The lowest BCUT2D eigenvalue weighted by molar-refractivity contribution is 0.170. The average Bonchev–Trinajstić information content (AvgIpc) is 3.33. The van der Waals surface area contributed by atoms with E-state index in [2.05, 4.69) is 77.6 Å². The molecular weight excluding hydrogens is 498 g/mol. The van der Waals surface area contributed by atoms with Gasteiger partial charge in [-0.3, -0.25) is 4.90 Å². The number of rotatable bonds is 13. The minimum Gasteiger partial charge on any atom is -0.494 e. The lowest BCUT2D eigenvalue weighted by Crippen LogP contribution is -2.25. The number of nitrogens with zero attached hydrogens (tertiary/aromatic N) is 3. The zero-order valence-corrected chi connectivity index (χ0v) is 23.6. The summed E-state index contributed by atoms with van der Waals surface area (Å²) < 4.78 is 19.8. The van der Waals surface area contributed by atoms with E-state index in [9.17, 15) is 0 Å². The van der Waals surface area contributed by atoms with Crippen LogP contribution in [0.2, 0.25) is 0 Å². The standard InChI is InChI=1S/C34H39N3O3/c1-4-7-18-37-31(30(5-2)35-34(37)28-13-9-8-10-14-28)25-36(23-26-12-11-15-29(21-26)38-6-3)24-27-16-17-32-33(22-27)40-20-19-39-32/h5,8-17,21-22H,2,4,6-7,18-20,23-25H2,1,3H3. The van der Waals surface area contributed by atoms with Gasteiger partial charge in [-0.1, -0.05) is 68.5 Å². The van der Waals surface area contributed by atoms with Gasteiger partial charge in [-0.05, 0) is 54.8 Å². The van der Waals surface area contributed by atoms with Crippen LogP contribution in [0.25, 0.3) is 17.5 Å². The van der Waals surface area contributed by atoms with Crippen LogP contribution in [0.1, 0.15) is 49.2 Å². The molecule has 1 aromatic heterocycles. The minimum atomic E-state index is 0.575. The summed E-state index contributed by atoms with van der Waals surface area (Å²) in [6.45, 7) is 13.3. The van der Waals surface area contributed by atoms with E-state index in [1.54, 1.807) is 0 Å². The average molecular weight is 538 g/mol. The number of imidazole rings is 1. The van der Waals surface area contributed by atoms with Crippen molar-refractivity contribution in [2.24, 2.45) is 0 Å². The highest BCUT2D eigenvalue weighted by Gasteiger charge is 2.21. The summed E-state index contributed by atoms with van der Waals surface area (Å²) in [6, 6.07) is 25.1. The SMILES string of the molecule is C=Cc1nc(-c2ccccc2)n(CCCC)c1CN(Cc1cccc(OCC)c1)Cc1ccc2c(c1)OCCO2. The maximum absolute atomic E-state index is 5.89. The van der Waals surface area contributed by atoms with Crippen LogP contribution >= 0.6 is 0 Å². The Morgan fingerprint density at radius 1 is 0.900 bits per heavy atom. The topological polar surface area (TPSA) is 48.8 Å². The third kappa shape index (κ3) is 6.57. The molecule has 0 saturated heterocycles. The Morgan fingerprint density at radius 3 is 2.42 bits per heavy atom. The molecule has 1 aliphatic heterocycles. The fourth-order valence-corrected chi connectivity index (χ4v) is 5.18. The summed E-state index contributed by atoms with van der Waals surface area (Å²) >= 11 is 0. The second-order valence-corrected chi connectivity index (χ2v) is 10.0. The van der Waals surface area contributed by atoms with Crippen molar-refractivity contribution in [2.75, 3.05) is 19.8 Å². The van der Waals surface area contributed by atoms with Crippen molar-refractivity contribution in [1.29, 1.82) is 0 Å². The lowest BCUT2D eigenvalue weighted by Gasteiger charge is -2.25. The van der Waals surface area contributed by atoms with Crippen molar-refractivity contribution in [2.45, 2.75) is 52.9 Å². The molecule has 0 spiro atoms. The zero-order chi connectivity index (χ0) is 27.7.